The number of nitrogens with zero attached hydrogens (tertiary/aromatic N) is 2. The lowest BCUT2D eigenvalue weighted by atomic mass is 9.99. The van der Waals surface area contributed by atoms with Crippen LogP contribution in [-0.2, 0) is 0 Å². The SMILES string of the molecule is CCCC[C@@H](CC)CNC(=S)N(C)[C@H](C)c1nc2ccccc2s1. The molecule has 5 heteroatoms. The lowest BCUT2D eigenvalue weighted by molar-refractivity contribution is 0.381. The summed E-state index contributed by atoms with van der Waals surface area (Å²) in [6, 6.07) is 8.47. The van der Waals surface area contributed by atoms with E-state index in [2.05, 4.69) is 56.2 Å². The minimum Gasteiger partial charge on any atom is -0.362 e. The Kier molecular flexibility index (Phi) is 7.43. The first-order valence-corrected chi connectivity index (χ1v) is 10.1. The molecule has 0 unspecified atom stereocenters. The number of nitrogens with one attached hydrogen (secondary N) is 1. The van der Waals surface area contributed by atoms with E-state index in [1.54, 1.807) is 11.3 Å². The Morgan fingerprint density at radius 2 is 2.08 bits per heavy atom. The zero-order valence-electron chi connectivity index (χ0n) is 15.2. The molecule has 132 valence electrons. The van der Waals surface area contributed by atoms with Gasteiger partial charge in [-0.3, -0.25) is 0 Å². The number of thiazole rings is 1. The van der Waals surface area contributed by atoms with Gasteiger partial charge in [0.25, 0.3) is 0 Å². The van der Waals surface area contributed by atoms with E-state index in [0.29, 0.717) is 5.92 Å². The summed E-state index contributed by atoms with van der Waals surface area (Å²) in [5.41, 5.74) is 1.07. The highest BCUT2D eigenvalue weighted by Crippen LogP contribution is 2.28. The molecule has 2 aromatic rings. The van der Waals surface area contributed by atoms with Crippen molar-refractivity contribution in [1.29, 1.82) is 0 Å². The molecule has 0 aliphatic carbocycles. The maximum Gasteiger partial charge on any atom is 0.169 e. The summed E-state index contributed by atoms with van der Waals surface area (Å²) in [6.07, 6.45) is 5.03. The molecule has 0 saturated heterocycles. The van der Waals surface area contributed by atoms with Gasteiger partial charge in [-0.05, 0) is 43.6 Å². The van der Waals surface area contributed by atoms with Crippen LogP contribution in [0.25, 0.3) is 10.2 Å². The van der Waals surface area contributed by atoms with Crippen molar-refractivity contribution < 1.29 is 0 Å². The molecule has 1 N–H and O–H groups in total. The van der Waals surface area contributed by atoms with Crippen molar-refractivity contribution in [3.05, 3.63) is 29.3 Å². The van der Waals surface area contributed by atoms with Gasteiger partial charge in [0.15, 0.2) is 5.11 Å². The lowest BCUT2D eigenvalue weighted by Crippen LogP contribution is -2.40. The Balaban J connectivity index is 1.93. The number of hydrogen-bond acceptors (Lipinski definition) is 3. The van der Waals surface area contributed by atoms with Gasteiger partial charge < -0.3 is 10.2 Å². The number of benzene rings is 1. The van der Waals surface area contributed by atoms with E-state index in [4.69, 9.17) is 17.2 Å². The molecule has 0 amide bonds. The Morgan fingerprint density at radius 1 is 1.33 bits per heavy atom. The van der Waals surface area contributed by atoms with Crippen molar-refractivity contribution in [1.82, 2.24) is 15.2 Å². The first-order chi connectivity index (χ1) is 11.6. The fourth-order valence-electron chi connectivity index (χ4n) is 2.71. The van der Waals surface area contributed by atoms with Crippen LogP contribution in [0.1, 0.15) is 57.5 Å². The largest absolute Gasteiger partial charge is 0.362 e. The minimum absolute atomic E-state index is 0.179. The predicted octanol–water partition coefficient (Wildman–Crippen LogP) is 5.38. The highest BCUT2D eigenvalue weighted by atomic mass is 32.1. The summed E-state index contributed by atoms with van der Waals surface area (Å²) >= 11 is 7.36. The third kappa shape index (κ3) is 4.90. The summed E-state index contributed by atoms with van der Waals surface area (Å²) in [4.78, 5) is 6.88. The van der Waals surface area contributed by atoms with Crippen LogP contribution in [0.2, 0.25) is 0 Å². The third-order valence-corrected chi connectivity index (χ3v) is 6.29. The van der Waals surface area contributed by atoms with E-state index in [9.17, 15) is 0 Å². The van der Waals surface area contributed by atoms with Gasteiger partial charge in [0.1, 0.15) is 5.01 Å². The molecule has 0 spiro atoms. The average Bonchev–Trinajstić information content (AvgIpc) is 3.04. The number of unbranched alkanes of at least 4 members (excludes halogenated alkanes) is 1. The Bertz CT molecular complexity index is 620. The lowest BCUT2D eigenvalue weighted by Gasteiger charge is -2.27. The van der Waals surface area contributed by atoms with Gasteiger partial charge in [0.05, 0.1) is 16.3 Å². The highest BCUT2D eigenvalue weighted by Gasteiger charge is 2.19. The molecule has 1 aromatic carbocycles. The van der Waals surface area contributed by atoms with Crippen molar-refractivity contribution in [2.75, 3.05) is 13.6 Å². The van der Waals surface area contributed by atoms with Crippen molar-refractivity contribution in [3.8, 4) is 0 Å². The second-order valence-corrected chi connectivity index (χ2v) is 7.86. The van der Waals surface area contributed by atoms with Gasteiger partial charge in [-0.1, -0.05) is 45.2 Å². The monoisotopic (exact) mass is 363 g/mol. The summed E-state index contributed by atoms with van der Waals surface area (Å²) in [7, 11) is 2.05. The number of fused-ring (bicyclic) bond motifs is 1. The van der Waals surface area contributed by atoms with E-state index < -0.39 is 0 Å². The van der Waals surface area contributed by atoms with Gasteiger partial charge in [0, 0.05) is 13.6 Å². The van der Waals surface area contributed by atoms with Crippen LogP contribution < -0.4 is 5.32 Å². The van der Waals surface area contributed by atoms with E-state index in [1.165, 1.54) is 30.4 Å². The average molecular weight is 364 g/mol. The molecule has 3 nitrogen and oxygen atoms in total. The van der Waals surface area contributed by atoms with E-state index in [0.717, 1.165) is 22.2 Å². The van der Waals surface area contributed by atoms with E-state index >= 15 is 0 Å². The zero-order chi connectivity index (χ0) is 17.5. The van der Waals surface area contributed by atoms with Gasteiger partial charge in [-0.2, -0.15) is 0 Å². The van der Waals surface area contributed by atoms with Crippen molar-refractivity contribution in [2.24, 2.45) is 5.92 Å². The fraction of sp³-hybridized carbons (Fsp3) is 0.579. The van der Waals surface area contributed by atoms with Crippen LogP contribution in [0.15, 0.2) is 24.3 Å². The molecule has 0 saturated carbocycles. The van der Waals surface area contributed by atoms with Crippen LogP contribution in [-0.4, -0.2) is 28.6 Å². The molecule has 0 radical (unpaired) electrons. The normalized spacial score (nSPS) is 13.7. The summed E-state index contributed by atoms with van der Waals surface area (Å²) < 4.78 is 1.23. The smallest absolute Gasteiger partial charge is 0.169 e. The van der Waals surface area contributed by atoms with Crippen LogP contribution in [0.3, 0.4) is 0 Å². The molecule has 0 aliphatic rings. The van der Waals surface area contributed by atoms with Gasteiger partial charge >= 0.3 is 0 Å². The van der Waals surface area contributed by atoms with E-state index in [1.807, 2.05) is 6.07 Å². The topological polar surface area (TPSA) is 28.2 Å². The van der Waals surface area contributed by atoms with Crippen molar-refractivity contribution in [3.63, 3.8) is 0 Å². The predicted molar refractivity (Wildman–Crippen MR) is 110 cm³/mol. The van der Waals surface area contributed by atoms with Crippen molar-refractivity contribution >= 4 is 38.9 Å². The Hall–Kier alpha value is -1.20. The van der Waals surface area contributed by atoms with Crippen LogP contribution in [0, 0.1) is 5.92 Å². The summed E-state index contributed by atoms with van der Waals surface area (Å²) in [6.45, 7) is 7.64. The maximum atomic E-state index is 5.60. The third-order valence-electron chi connectivity index (χ3n) is 4.65. The molecular weight excluding hydrogens is 334 g/mol. The number of aromatic nitrogens is 1. The second-order valence-electron chi connectivity index (χ2n) is 6.41. The minimum atomic E-state index is 0.179. The molecule has 0 fully saturated rings. The number of thiocarbonyl (C=S) groups is 1. The highest BCUT2D eigenvalue weighted by molar-refractivity contribution is 7.80. The number of para-hydroxylation sites is 1. The first-order valence-electron chi connectivity index (χ1n) is 8.92. The van der Waals surface area contributed by atoms with Crippen LogP contribution in [0.4, 0.5) is 0 Å². The molecule has 1 heterocycles. The number of rotatable bonds is 8. The molecule has 1 aromatic heterocycles. The Labute approximate surface area is 155 Å². The zero-order valence-corrected chi connectivity index (χ0v) is 16.8. The molecule has 24 heavy (non-hydrogen) atoms. The van der Waals surface area contributed by atoms with E-state index in [-0.39, 0.29) is 6.04 Å². The first kappa shape index (κ1) is 19.1. The summed E-state index contributed by atoms with van der Waals surface area (Å²) in [5.74, 6) is 0.703. The molecule has 2 rings (SSSR count). The number of hydrogen-bond donors (Lipinski definition) is 1. The molecule has 0 bridgehead atoms. The fourth-order valence-corrected chi connectivity index (χ4v) is 4.01. The van der Waals surface area contributed by atoms with Gasteiger partial charge in [0.2, 0.25) is 0 Å². The van der Waals surface area contributed by atoms with Crippen LogP contribution in [0.5, 0.6) is 0 Å². The second kappa shape index (κ2) is 9.33. The Morgan fingerprint density at radius 3 is 2.75 bits per heavy atom. The molecule has 2 atom stereocenters. The van der Waals surface area contributed by atoms with Crippen LogP contribution >= 0.6 is 23.6 Å². The quantitative estimate of drug-likeness (QED) is 0.637. The summed E-state index contributed by atoms with van der Waals surface area (Å²) in [5, 5.41) is 5.39. The van der Waals surface area contributed by atoms with Gasteiger partial charge in [-0.25, -0.2) is 4.98 Å². The standard InChI is InChI=1S/C19H29N3S2/c1-5-7-10-15(6-2)13-20-19(23)22(4)14(3)18-21-16-11-8-9-12-17(16)24-18/h8-9,11-12,14-15H,5-7,10,13H2,1-4H3,(H,20,23)/t14-,15-/m1/s1. The molecule has 0 aliphatic heterocycles. The van der Waals surface area contributed by atoms with Gasteiger partial charge in [-0.15, -0.1) is 11.3 Å². The molecular formula is C19H29N3S2. The maximum absolute atomic E-state index is 5.60. The van der Waals surface area contributed by atoms with Crippen molar-refractivity contribution in [2.45, 2.75) is 52.5 Å².